The highest BCUT2D eigenvalue weighted by atomic mass is 15.3. The molecule has 2 aliphatic rings. The molecule has 82 valence electrons. The molecule has 1 atom stereocenters. The molecule has 1 aromatic heterocycles. The van der Waals surface area contributed by atoms with Crippen LogP contribution in [0, 0.1) is 11.8 Å². The lowest BCUT2D eigenvalue weighted by molar-refractivity contribution is 0.519. The number of rotatable bonds is 4. The number of nitrogens with zero attached hydrogens (tertiary/aromatic N) is 3. The highest BCUT2D eigenvalue weighted by Crippen LogP contribution is 2.31. The zero-order valence-electron chi connectivity index (χ0n) is 9.02. The van der Waals surface area contributed by atoms with Crippen molar-refractivity contribution in [2.24, 2.45) is 11.8 Å². The van der Waals surface area contributed by atoms with Gasteiger partial charge < -0.3 is 9.88 Å². The van der Waals surface area contributed by atoms with E-state index < -0.39 is 0 Å². The molecule has 1 saturated carbocycles. The molecule has 4 nitrogen and oxygen atoms in total. The van der Waals surface area contributed by atoms with Crippen LogP contribution in [0.4, 0.5) is 0 Å². The highest BCUT2D eigenvalue weighted by molar-refractivity contribution is 4.92. The standard InChI is InChI=1S/C11H18N4/c1-2-9(1)7-15-8-13-14-11(15)5-10-3-4-12-6-10/h8-10,12H,1-7H2. The molecule has 0 aromatic carbocycles. The van der Waals surface area contributed by atoms with E-state index in [1.54, 1.807) is 0 Å². The first-order valence-electron chi connectivity index (χ1n) is 5.99. The Morgan fingerprint density at radius 1 is 1.33 bits per heavy atom. The van der Waals surface area contributed by atoms with Crippen LogP contribution in [0.2, 0.25) is 0 Å². The van der Waals surface area contributed by atoms with Crippen LogP contribution >= 0.6 is 0 Å². The summed E-state index contributed by atoms with van der Waals surface area (Å²) in [6.45, 7) is 3.46. The first-order chi connectivity index (χ1) is 7.42. The molecule has 2 fully saturated rings. The van der Waals surface area contributed by atoms with Crippen LogP contribution in [-0.2, 0) is 13.0 Å². The Kier molecular flexibility index (Phi) is 2.44. The molecule has 1 unspecified atom stereocenters. The van der Waals surface area contributed by atoms with Gasteiger partial charge in [-0.2, -0.15) is 0 Å². The number of nitrogens with one attached hydrogen (secondary N) is 1. The summed E-state index contributed by atoms with van der Waals surface area (Å²) in [7, 11) is 0. The molecular weight excluding hydrogens is 188 g/mol. The van der Waals surface area contributed by atoms with Crippen molar-refractivity contribution < 1.29 is 0 Å². The Labute approximate surface area is 90.1 Å². The second-order valence-corrected chi connectivity index (χ2v) is 4.91. The van der Waals surface area contributed by atoms with E-state index in [0.29, 0.717) is 0 Å². The maximum Gasteiger partial charge on any atom is 0.133 e. The van der Waals surface area contributed by atoms with Crippen LogP contribution in [0.15, 0.2) is 6.33 Å². The fourth-order valence-corrected chi connectivity index (χ4v) is 2.31. The van der Waals surface area contributed by atoms with Gasteiger partial charge in [-0.3, -0.25) is 0 Å². The lowest BCUT2D eigenvalue weighted by atomic mass is 10.0. The van der Waals surface area contributed by atoms with Gasteiger partial charge in [-0.05, 0) is 44.2 Å². The summed E-state index contributed by atoms with van der Waals surface area (Å²) in [6.07, 6.45) is 7.07. The quantitative estimate of drug-likeness (QED) is 0.794. The molecule has 0 bridgehead atoms. The monoisotopic (exact) mass is 206 g/mol. The average molecular weight is 206 g/mol. The van der Waals surface area contributed by atoms with Crippen molar-refractivity contribution in [3.05, 3.63) is 12.2 Å². The van der Waals surface area contributed by atoms with Gasteiger partial charge >= 0.3 is 0 Å². The van der Waals surface area contributed by atoms with Gasteiger partial charge in [-0.15, -0.1) is 10.2 Å². The zero-order chi connectivity index (χ0) is 10.1. The topological polar surface area (TPSA) is 42.7 Å². The van der Waals surface area contributed by atoms with E-state index in [0.717, 1.165) is 31.3 Å². The van der Waals surface area contributed by atoms with Crippen molar-refractivity contribution in [2.45, 2.75) is 32.2 Å². The average Bonchev–Trinajstić information content (AvgIpc) is 2.75. The Balaban J connectivity index is 1.64. The largest absolute Gasteiger partial charge is 0.317 e. The predicted octanol–water partition coefficient (Wildman–Crippen LogP) is 0.840. The summed E-state index contributed by atoms with van der Waals surface area (Å²) in [6, 6.07) is 0. The molecule has 2 heterocycles. The Morgan fingerprint density at radius 3 is 3.00 bits per heavy atom. The summed E-state index contributed by atoms with van der Waals surface area (Å²) < 4.78 is 2.26. The van der Waals surface area contributed by atoms with Gasteiger partial charge in [0.15, 0.2) is 0 Å². The maximum atomic E-state index is 4.25. The van der Waals surface area contributed by atoms with Crippen LogP contribution in [-0.4, -0.2) is 27.9 Å². The fraction of sp³-hybridized carbons (Fsp3) is 0.818. The van der Waals surface area contributed by atoms with Crippen molar-refractivity contribution in [2.75, 3.05) is 13.1 Å². The minimum Gasteiger partial charge on any atom is -0.317 e. The van der Waals surface area contributed by atoms with Crippen LogP contribution in [0.25, 0.3) is 0 Å². The molecule has 3 rings (SSSR count). The van der Waals surface area contributed by atoms with Gasteiger partial charge in [-0.1, -0.05) is 0 Å². The summed E-state index contributed by atoms with van der Waals surface area (Å²) in [5.74, 6) is 2.87. The van der Waals surface area contributed by atoms with Gasteiger partial charge in [0.05, 0.1) is 0 Å². The SMILES string of the molecule is c1nnc(CC2CCNC2)n1CC1CC1. The number of hydrogen-bond donors (Lipinski definition) is 1. The first kappa shape index (κ1) is 9.33. The smallest absolute Gasteiger partial charge is 0.133 e. The predicted molar refractivity (Wildman–Crippen MR) is 57.4 cm³/mol. The van der Waals surface area contributed by atoms with E-state index in [1.807, 2.05) is 6.33 Å². The third kappa shape index (κ3) is 2.20. The normalized spacial score (nSPS) is 26.0. The van der Waals surface area contributed by atoms with E-state index in [4.69, 9.17) is 0 Å². The second kappa shape index (κ2) is 3.93. The Hall–Kier alpha value is -0.900. The summed E-state index contributed by atoms with van der Waals surface area (Å²) >= 11 is 0. The minimum atomic E-state index is 0.771. The fourth-order valence-electron chi connectivity index (χ4n) is 2.31. The Morgan fingerprint density at radius 2 is 2.27 bits per heavy atom. The van der Waals surface area contributed by atoms with Crippen LogP contribution < -0.4 is 5.32 Å². The maximum absolute atomic E-state index is 4.25. The second-order valence-electron chi connectivity index (χ2n) is 4.91. The molecule has 0 amide bonds. The van der Waals surface area contributed by atoms with Crippen molar-refractivity contribution >= 4 is 0 Å². The highest BCUT2D eigenvalue weighted by Gasteiger charge is 2.24. The third-order valence-corrected chi connectivity index (χ3v) is 3.48. The third-order valence-electron chi connectivity index (χ3n) is 3.48. The van der Waals surface area contributed by atoms with E-state index in [1.165, 1.54) is 31.6 Å². The van der Waals surface area contributed by atoms with E-state index in [9.17, 15) is 0 Å². The lowest BCUT2D eigenvalue weighted by Crippen LogP contribution is -2.14. The van der Waals surface area contributed by atoms with Crippen molar-refractivity contribution in [1.82, 2.24) is 20.1 Å². The molecular formula is C11H18N4. The molecule has 1 aliphatic carbocycles. The van der Waals surface area contributed by atoms with Gasteiger partial charge in [-0.25, -0.2) is 0 Å². The number of aromatic nitrogens is 3. The minimum absolute atomic E-state index is 0.771. The molecule has 1 aromatic rings. The van der Waals surface area contributed by atoms with Crippen molar-refractivity contribution in [3.8, 4) is 0 Å². The van der Waals surface area contributed by atoms with E-state index in [2.05, 4.69) is 20.1 Å². The van der Waals surface area contributed by atoms with Gasteiger partial charge in [0.2, 0.25) is 0 Å². The van der Waals surface area contributed by atoms with Crippen molar-refractivity contribution in [1.29, 1.82) is 0 Å². The molecule has 0 spiro atoms. The summed E-state index contributed by atoms with van der Waals surface area (Å²) in [4.78, 5) is 0. The Bertz CT molecular complexity index is 323. The molecule has 0 radical (unpaired) electrons. The van der Waals surface area contributed by atoms with Crippen LogP contribution in [0.1, 0.15) is 25.1 Å². The molecule has 15 heavy (non-hydrogen) atoms. The molecule has 1 aliphatic heterocycles. The molecule has 1 saturated heterocycles. The lowest BCUT2D eigenvalue weighted by Gasteiger charge is -2.09. The molecule has 4 heteroatoms. The van der Waals surface area contributed by atoms with Crippen molar-refractivity contribution in [3.63, 3.8) is 0 Å². The summed E-state index contributed by atoms with van der Waals surface area (Å²) in [5.41, 5.74) is 0. The van der Waals surface area contributed by atoms with E-state index >= 15 is 0 Å². The van der Waals surface area contributed by atoms with E-state index in [-0.39, 0.29) is 0 Å². The number of hydrogen-bond acceptors (Lipinski definition) is 3. The van der Waals surface area contributed by atoms with Gasteiger partial charge in [0, 0.05) is 13.0 Å². The van der Waals surface area contributed by atoms with Gasteiger partial charge in [0.1, 0.15) is 12.2 Å². The zero-order valence-corrected chi connectivity index (χ0v) is 9.02. The van der Waals surface area contributed by atoms with Gasteiger partial charge in [0.25, 0.3) is 0 Å². The summed E-state index contributed by atoms with van der Waals surface area (Å²) in [5, 5.41) is 11.7. The first-order valence-corrected chi connectivity index (χ1v) is 5.99. The van der Waals surface area contributed by atoms with Crippen LogP contribution in [0.5, 0.6) is 0 Å². The van der Waals surface area contributed by atoms with Crippen LogP contribution in [0.3, 0.4) is 0 Å². The molecule has 1 N–H and O–H groups in total.